The van der Waals surface area contributed by atoms with Gasteiger partial charge in [-0.2, -0.15) is 0 Å². The van der Waals surface area contributed by atoms with Gasteiger partial charge in [0.25, 0.3) is 10.0 Å². The molecule has 1 aliphatic rings. The van der Waals surface area contributed by atoms with Gasteiger partial charge < -0.3 is 5.73 Å². The molecule has 0 spiro atoms. The highest BCUT2D eigenvalue weighted by Gasteiger charge is 2.31. The molecule has 0 amide bonds. The molecule has 4 nitrogen and oxygen atoms in total. The van der Waals surface area contributed by atoms with Crippen molar-refractivity contribution in [2.45, 2.75) is 11.3 Å². The van der Waals surface area contributed by atoms with Gasteiger partial charge in [0.2, 0.25) is 0 Å². The lowest BCUT2D eigenvalue weighted by atomic mass is 10.2. The maximum atomic E-state index is 13.4. The Morgan fingerprint density at radius 3 is 2.57 bits per heavy atom. The van der Waals surface area contributed by atoms with Gasteiger partial charge in [0.15, 0.2) is 0 Å². The highest BCUT2D eigenvalue weighted by Crippen LogP contribution is 2.34. The molecule has 0 aromatic heterocycles. The van der Waals surface area contributed by atoms with E-state index in [1.165, 1.54) is 12.1 Å². The van der Waals surface area contributed by atoms with Crippen LogP contribution in [-0.4, -0.2) is 15.0 Å². The number of hydrogen-bond acceptors (Lipinski definition) is 3. The molecule has 0 atom stereocenters. The molecule has 2 N–H and O–H groups in total. The third-order valence-corrected chi connectivity index (χ3v) is 5.26. The van der Waals surface area contributed by atoms with Crippen LogP contribution in [0.1, 0.15) is 5.56 Å². The van der Waals surface area contributed by atoms with E-state index in [2.05, 4.69) is 0 Å². The molecule has 0 radical (unpaired) electrons. The molecule has 3 rings (SSSR count). The van der Waals surface area contributed by atoms with Gasteiger partial charge in [0, 0.05) is 6.54 Å². The zero-order chi connectivity index (χ0) is 15.2. The van der Waals surface area contributed by atoms with Crippen molar-refractivity contribution < 1.29 is 17.2 Å². The van der Waals surface area contributed by atoms with Gasteiger partial charge in [0.05, 0.1) is 16.3 Å². The molecule has 0 fully saturated rings. The molecule has 0 aliphatic carbocycles. The molecule has 2 aromatic rings. The van der Waals surface area contributed by atoms with E-state index in [0.717, 1.165) is 28.1 Å². The number of rotatable bonds is 2. The molecule has 110 valence electrons. The molecule has 1 heterocycles. The Labute approximate surface area is 120 Å². The zero-order valence-corrected chi connectivity index (χ0v) is 11.7. The summed E-state index contributed by atoms with van der Waals surface area (Å²) >= 11 is 0. The molecule has 21 heavy (non-hydrogen) atoms. The molecule has 0 saturated carbocycles. The molecular formula is C14H12F2N2O2S. The van der Waals surface area contributed by atoms with Crippen LogP contribution in [0, 0.1) is 11.6 Å². The van der Waals surface area contributed by atoms with E-state index in [-0.39, 0.29) is 17.1 Å². The summed E-state index contributed by atoms with van der Waals surface area (Å²) in [6.45, 7) is 0.221. The van der Waals surface area contributed by atoms with Gasteiger partial charge >= 0.3 is 0 Å². The van der Waals surface area contributed by atoms with Crippen molar-refractivity contribution in [3.05, 3.63) is 53.6 Å². The van der Waals surface area contributed by atoms with E-state index in [9.17, 15) is 17.2 Å². The lowest BCUT2D eigenvalue weighted by Crippen LogP contribution is -2.29. The van der Waals surface area contributed by atoms with Crippen molar-refractivity contribution >= 4 is 21.4 Å². The fraction of sp³-hybridized carbons (Fsp3) is 0.143. The summed E-state index contributed by atoms with van der Waals surface area (Å²) < 4.78 is 52.8. The van der Waals surface area contributed by atoms with Crippen LogP contribution in [0.15, 0.2) is 41.3 Å². The zero-order valence-electron chi connectivity index (χ0n) is 10.9. The average molecular weight is 310 g/mol. The number of fused-ring (bicyclic) bond motifs is 1. The van der Waals surface area contributed by atoms with Crippen LogP contribution in [-0.2, 0) is 16.4 Å². The third kappa shape index (κ3) is 2.23. The quantitative estimate of drug-likeness (QED) is 0.866. The minimum atomic E-state index is -3.89. The normalized spacial score (nSPS) is 14.3. The summed E-state index contributed by atoms with van der Waals surface area (Å²) in [6.07, 6.45) is 0.505. The highest BCUT2D eigenvalue weighted by atomic mass is 32.2. The number of sulfonamides is 1. The van der Waals surface area contributed by atoms with E-state index < -0.39 is 21.7 Å². The fourth-order valence-electron chi connectivity index (χ4n) is 2.38. The Morgan fingerprint density at radius 2 is 1.86 bits per heavy atom. The van der Waals surface area contributed by atoms with Crippen molar-refractivity contribution in [2.75, 3.05) is 16.6 Å². The second-order valence-corrected chi connectivity index (χ2v) is 6.65. The van der Waals surface area contributed by atoms with E-state index in [1.807, 2.05) is 0 Å². The Morgan fingerprint density at radius 1 is 1.10 bits per heavy atom. The van der Waals surface area contributed by atoms with Crippen molar-refractivity contribution in [2.24, 2.45) is 0 Å². The second-order valence-electron chi connectivity index (χ2n) is 4.78. The number of nitrogens with zero attached hydrogens (tertiary/aromatic N) is 1. The summed E-state index contributed by atoms with van der Waals surface area (Å²) in [5, 5.41) is 0. The average Bonchev–Trinajstić information content (AvgIpc) is 2.85. The van der Waals surface area contributed by atoms with Crippen molar-refractivity contribution in [3.63, 3.8) is 0 Å². The SMILES string of the molecule is Nc1cc(S(=O)(=O)N2CCc3ccc(F)cc32)ccc1F. The van der Waals surface area contributed by atoms with Crippen LogP contribution in [0.5, 0.6) is 0 Å². The monoisotopic (exact) mass is 310 g/mol. The predicted molar refractivity (Wildman–Crippen MR) is 75.4 cm³/mol. The molecular weight excluding hydrogens is 298 g/mol. The fourth-order valence-corrected chi connectivity index (χ4v) is 3.91. The molecule has 0 saturated heterocycles. The van der Waals surface area contributed by atoms with E-state index in [1.54, 1.807) is 6.07 Å². The maximum absolute atomic E-state index is 13.4. The number of halogens is 2. The van der Waals surface area contributed by atoms with Gasteiger partial charge in [0.1, 0.15) is 11.6 Å². The van der Waals surface area contributed by atoms with Gasteiger partial charge in [-0.15, -0.1) is 0 Å². The standard InChI is InChI=1S/C14H12F2N2O2S/c15-10-2-1-9-5-6-18(14(9)7-10)21(19,20)11-3-4-12(16)13(17)8-11/h1-4,7-8H,5-6,17H2. The minimum absolute atomic E-state index is 0.112. The minimum Gasteiger partial charge on any atom is -0.396 e. The summed E-state index contributed by atoms with van der Waals surface area (Å²) in [7, 11) is -3.89. The van der Waals surface area contributed by atoms with Gasteiger partial charge in [-0.25, -0.2) is 17.2 Å². The number of anilines is 2. The van der Waals surface area contributed by atoms with E-state index in [4.69, 9.17) is 5.73 Å². The van der Waals surface area contributed by atoms with Crippen LogP contribution >= 0.6 is 0 Å². The lowest BCUT2D eigenvalue weighted by molar-refractivity contribution is 0.591. The van der Waals surface area contributed by atoms with Gasteiger partial charge in [-0.3, -0.25) is 4.31 Å². The topological polar surface area (TPSA) is 63.4 Å². The Kier molecular flexibility index (Phi) is 3.09. The lowest BCUT2D eigenvalue weighted by Gasteiger charge is -2.19. The van der Waals surface area contributed by atoms with Crippen LogP contribution in [0.4, 0.5) is 20.2 Å². The smallest absolute Gasteiger partial charge is 0.264 e. The predicted octanol–water partition coefficient (Wildman–Crippen LogP) is 2.30. The molecule has 2 aromatic carbocycles. The second kappa shape index (κ2) is 4.70. The number of nitrogens with two attached hydrogens (primary N) is 1. The first-order chi connectivity index (χ1) is 9.89. The van der Waals surface area contributed by atoms with Crippen molar-refractivity contribution in [3.8, 4) is 0 Å². The summed E-state index contributed by atoms with van der Waals surface area (Å²) in [5.41, 5.74) is 6.25. The van der Waals surface area contributed by atoms with E-state index >= 15 is 0 Å². The maximum Gasteiger partial charge on any atom is 0.264 e. The summed E-state index contributed by atoms with van der Waals surface area (Å²) in [6, 6.07) is 7.28. The first kappa shape index (κ1) is 13.8. The highest BCUT2D eigenvalue weighted by molar-refractivity contribution is 7.92. The molecule has 7 heteroatoms. The molecule has 0 bridgehead atoms. The third-order valence-electron chi connectivity index (χ3n) is 3.46. The Balaban J connectivity index is 2.09. The van der Waals surface area contributed by atoms with Gasteiger partial charge in [-0.05, 0) is 42.3 Å². The number of benzene rings is 2. The Bertz CT molecular complexity index is 822. The van der Waals surface area contributed by atoms with Crippen LogP contribution in [0.3, 0.4) is 0 Å². The van der Waals surface area contributed by atoms with Crippen LogP contribution < -0.4 is 10.0 Å². The molecule has 1 aliphatic heterocycles. The Hall–Kier alpha value is -2.15. The van der Waals surface area contributed by atoms with E-state index in [0.29, 0.717) is 12.1 Å². The molecule has 0 unspecified atom stereocenters. The first-order valence-electron chi connectivity index (χ1n) is 6.26. The van der Waals surface area contributed by atoms with Gasteiger partial charge in [-0.1, -0.05) is 6.07 Å². The number of nitrogen functional groups attached to an aromatic ring is 1. The first-order valence-corrected chi connectivity index (χ1v) is 7.70. The van der Waals surface area contributed by atoms with Crippen LogP contribution in [0.25, 0.3) is 0 Å². The van der Waals surface area contributed by atoms with Crippen molar-refractivity contribution in [1.29, 1.82) is 0 Å². The summed E-state index contributed by atoms with van der Waals surface area (Å²) in [5.74, 6) is -1.18. The van der Waals surface area contributed by atoms with Crippen molar-refractivity contribution in [1.82, 2.24) is 0 Å². The summed E-state index contributed by atoms with van der Waals surface area (Å²) in [4.78, 5) is -0.112. The van der Waals surface area contributed by atoms with Crippen LogP contribution in [0.2, 0.25) is 0 Å². The largest absolute Gasteiger partial charge is 0.396 e. The number of hydrogen-bond donors (Lipinski definition) is 1.